The van der Waals surface area contributed by atoms with Gasteiger partial charge in [0.25, 0.3) is 11.2 Å². The van der Waals surface area contributed by atoms with Gasteiger partial charge >= 0.3 is 5.97 Å². The largest absolute Gasteiger partial charge is 0.506 e. The standard InChI is InChI=1S/C23H17BrFN3O6S/c1-3-34-22(31)18-11(2)26-23-27(19(18)12-4-6-14(25)7-5-12)21(30)17(35-23)9-13-8-15(28(32)33)10-16(24)20(13)29/h4-10,19,29H,3H2,1-2H3/b17-9-/t19-/m1/s1. The van der Waals surface area contributed by atoms with Gasteiger partial charge in [0.2, 0.25) is 0 Å². The van der Waals surface area contributed by atoms with Crippen molar-refractivity contribution in [2.24, 2.45) is 4.99 Å². The van der Waals surface area contributed by atoms with Crippen LogP contribution in [0.5, 0.6) is 5.75 Å². The van der Waals surface area contributed by atoms with Gasteiger partial charge < -0.3 is 9.84 Å². The molecule has 180 valence electrons. The van der Waals surface area contributed by atoms with E-state index < -0.39 is 28.3 Å². The molecular weight excluding hydrogens is 545 g/mol. The summed E-state index contributed by atoms with van der Waals surface area (Å²) in [6, 6.07) is 6.75. The molecule has 0 unspecified atom stereocenters. The van der Waals surface area contributed by atoms with E-state index in [1.807, 2.05) is 0 Å². The topological polar surface area (TPSA) is 124 Å². The van der Waals surface area contributed by atoms with Crippen LogP contribution in [0.4, 0.5) is 10.1 Å². The van der Waals surface area contributed by atoms with Crippen LogP contribution in [0.15, 0.2) is 61.9 Å². The second-order valence-corrected chi connectivity index (χ2v) is 9.34. The third-order valence-electron chi connectivity index (χ3n) is 5.28. The average molecular weight is 562 g/mol. The number of ether oxygens (including phenoxy) is 1. The van der Waals surface area contributed by atoms with Crippen molar-refractivity contribution < 1.29 is 24.0 Å². The van der Waals surface area contributed by atoms with E-state index >= 15 is 0 Å². The Bertz CT molecular complexity index is 1580. The van der Waals surface area contributed by atoms with Gasteiger partial charge in [0.15, 0.2) is 4.80 Å². The van der Waals surface area contributed by atoms with Crippen molar-refractivity contribution in [3.8, 4) is 5.75 Å². The summed E-state index contributed by atoms with van der Waals surface area (Å²) in [6.45, 7) is 3.38. The average Bonchev–Trinajstić information content (AvgIpc) is 3.10. The number of nitro benzene ring substituents is 1. The van der Waals surface area contributed by atoms with Crippen molar-refractivity contribution in [1.82, 2.24) is 4.57 Å². The normalized spacial score (nSPS) is 15.5. The minimum absolute atomic E-state index is 0.0519. The van der Waals surface area contributed by atoms with E-state index in [0.717, 1.165) is 23.5 Å². The first-order chi connectivity index (χ1) is 16.6. The van der Waals surface area contributed by atoms with Gasteiger partial charge in [-0.25, -0.2) is 14.2 Å². The molecule has 1 N–H and O–H groups in total. The van der Waals surface area contributed by atoms with Crippen LogP contribution in [0.2, 0.25) is 0 Å². The zero-order chi connectivity index (χ0) is 25.4. The number of halogens is 2. The smallest absolute Gasteiger partial charge is 0.338 e. The number of hydrogen-bond donors (Lipinski definition) is 1. The number of esters is 1. The van der Waals surface area contributed by atoms with E-state index in [1.165, 1.54) is 34.9 Å². The van der Waals surface area contributed by atoms with Crippen molar-refractivity contribution in [2.45, 2.75) is 19.9 Å². The summed E-state index contributed by atoms with van der Waals surface area (Å²) >= 11 is 4.07. The number of hydrogen-bond acceptors (Lipinski definition) is 8. The quantitative estimate of drug-likeness (QED) is 0.289. The Hall–Kier alpha value is -3.64. The summed E-state index contributed by atoms with van der Waals surface area (Å²) in [5, 5.41) is 21.6. The third kappa shape index (κ3) is 4.54. The van der Waals surface area contributed by atoms with Crippen LogP contribution >= 0.6 is 27.3 Å². The fourth-order valence-electron chi connectivity index (χ4n) is 3.71. The highest BCUT2D eigenvalue weighted by Gasteiger charge is 2.33. The Labute approximate surface area is 209 Å². The number of non-ortho nitro benzene ring substituents is 1. The number of allylic oxidation sites excluding steroid dienone is 1. The van der Waals surface area contributed by atoms with E-state index in [4.69, 9.17) is 4.74 Å². The fourth-order valence-corrected chi connectivity index (χ4v) is 5.22. The number of carbonyl (C=O) groups is 1. The third-order valence-corrected chi connectivity index (χ3v) is 6.87. The van der Waals surface area contributed by atoms with Crippen molar-refractivity contribution in [2.75, 3.05) is 6.61 Å². The first-order valence-corrected chi connectivity index (χ1v) is 11.8. The molecule has 12 heteroatoms. The van der Waals surface area contributed by atoms with E-state index in [0.29, 0.717) is 11.3 Å². The second kappa shape index (κ2) is 9.55. The first-order valence-electron chi connectivity index (χ1n) is 10.2. The van der Waals surface area contributed by atoms with E-state index in [9.17, 15) is 29.2 Å². The van der Waals surface area contributed by atoms with Gasteiger partial charge in [0.05, 0.1) is 37.8 Å². The number of thiazole rings is 1. The fraction of sp³-hybridized carbons (Fsp3) is 0.174. The maximum Gasteiger partial charge on any atom is 0.338 e. The zero-order valence-corrected chi connectivity index (χ0v) is 20.7. The van der Waals surface area contributed by atoms with Gasteiger partial charge in [0.1, 0.15) is 11.6 Å². The number of rotatable bonds is 5. The Morgan fingerprint density at radius 3 is 2.69 bits per heavy atom. The predicted molar refractivity (Wildman–Crippen MR) is 129 cm³/mol. The minimum atomic E-state index is -0.932. The molecule has 0 bridgehead atoms. The summed E-state index contributed by atoms with van der Waals surface area (Å²) in [7, 11) is 0. The molecule has 0 fully saturated rings. The van der Waals surface area contributed by atoms with E-state index in [-0.39, 0.29) is 43.0 Å². The van der Waals surface area contributed by atoms with Crippen molar-refractivity contribution in [1.29, 1.82) is 0 Å². The number of benzene rings is 2. The number of fused-ring (bicyclic) bond motifs is 1. The Morgan fingerprint density at radius 1 is 1.37 bits per heavy atom. The van der Waals surface area contributed by atoms with Gasteiger partial charge in [-0.2, -0.15) is 0 Å². The van der Waals surface area contributed by atoms with Gasteiger partial charge in [-0.3, -0.25) is 19.5 Å². The summed E-state index contributed by atoms with van der Waals surface area (Å²) in [4.78, 5) is 41.7. The van der Waals surface area contributed by atoms with Crippen LogP contribution < -0.4 is 14.9 Å². The maximum absolute atomic E-state index is 13.6. The lowest BCUT2D eigenvalue weighted by Crippen LogP contribution is -2.39. The number of phenolic OH excluding ortho intramolecular Hbond substituents is 1. The number of nitrogens with zero attached hydrogens (tertiary/aromatic N) is 3. The monoisotopic (exact) mass is 561 g/mol. The summed E-state index contributed by atoms with van der Waals surface area (Å²) < 4.78 is 20.3. The number of phenols is 1. The highest BCUT2D eigenvalue weighted by Crippen LogP contribution is 2.33. The lowest BCUT2D eigenvalue weighted by Gasteiger charge is -2.24. The molecule has 1 aliphatic heterocycles. The Balaban J connectivity index is 1.98. The van der Waals surface area contributed by atoms with Gasteiger partial charge in [-0.05, 0) is 53.5 Å². The van der Waals surface area contributed by atoms with Crippen molar-refractivity contribution >= 4 is 45.0 Å². The molecule has 1 aromatic heterocycles. The molecule has 0 saturated carbocycles. The van der Waals surface area contributed by atoms with E-state index in [1.54, 1.807) is 13.8 Å². The number of aromatic hydroxyl groups is 1. The Kier molecular flexibility index (Phi) is 6.68. The highest BCUT2D eigenvalue weighted by molar-refractivity contribution is 9.10. The van der Waals surface area contributed by atoms with Crippen LogP contribution in [0.1, 0.15) is 31.0 Å². The SMILES string of the molecule is CCOC(=O)C1=C(C)N=c2s/c(=C\c3cc([N+](=O)[O-])cc(Br)c3O)c(=O)n2[C@@H]1c1ccc(F)cc1. The molecule has 0 spiro atoms. The molecule has 0 amide bonds. The molecule has 3 aromatic rings. The molecule has 2 aromatic carbocycles. The van der Waals surface area contributed by atoms with Gasteiger partial charge in [0, 0.05) is 17.7 Å². The molecule has 0 radical (unpaired) electrons. The molecule has 2 heterocycles. The van der Waals surface area contributed by atoms with Crippen LogP contribution in [0.25, 0.3) is 6.08 Å². The second-order valence-electron chi connectivity index (χ2n) is 7.48. The first kappa shape index (κ1) is 24.5. The summed E-state index contributed by atoms with van der Waals surface area (Å²) in [5.74, 6) is -1.41. The van der Waals surface area contributed by atoms with Crippen LogP contribution in [-0.4, -0.2) is 27.2 Å². The lowest BCUT2D eigenvalue weighted by molar-refractivity contribution is -0.385. The lowest BCUT2D eigenvalue weighted by atomic mass is 9.96. The Morgan fingerprint density at radius 2 is 2.06 bits per heavy atom. The van der Waals surface area contributed by atoms with Crippen LogP contribution in [-0.2, 0) is 9.53 Å². The molecule has 4 rings (SSSR count). The van der Waals surface area contributed by atoms with Crippen LogP contribution in [0, 0.1) is 15.9 Å². The summed E-state index contributed by atoms with van der Waals surface area (Å²) in [5.41, 5.74) is 0.177. The maximum atomic E-state index is 13.6. The van der Waals surface area contributed by atoms with Crippen molar-refractivity contribution in [3.63, 3.8) is 0 Å². The zero-order valence-electron chi connectivity index (χ0n) is 18.3. The highest BCUT2D eigenvalue weighted by atomic mass is 79.9. The van der Waals surface area contributed by atoms with Gasteiger partial charge in [-0.1, -0.05) is 23.5 Å². The molecule has 9 nitrogen and oxygen atoms in total. The molecule has 0 aliphatic carbocycles. The van der Waals surface area contributed by atoms with E-state index in [2.05, 4.69) is 20.9 Å². The molecule has 1 atom stereocenters. The minimum Gasteiger partial charge on any atom is -0.506 e. The number of nitro groups is 1. The molecule has 1 aliphatic rings. The van der Waals surface area contributed by atoms with Crippen molar-refractivity contribution in [3.05, 3.63) is 98.9 Å². The summed E-state index contributed by atoms with van der Waals surface area (Å²) in [6.07, 6.45) is 1.32. The van der Waals surface area contributed by atoms with Gasteiger partial charge in [-0.15, -0.1) is 0 Å². The van der Waals surface area contributed by atoms with Crippen LogP contribution in [0.3, 0.4) is 0 Å². The molecular formula is C23H17BrFN3O6S. The number of aromatic nitrogens is 1. The molecule has 35 heavy (non-hydrogen) atoms. The number of carbonyl (C=O) groups excluding carboxylic acids is 1. The predicted octanol–water partition coefficient (Wildman–Crippen LogP) is 3.31. The molecule has 0 saturated heterocycles.